The van der Waals surface area contributed by atoms with E-state index in [4.69, 9.17) is 47.4 Å². The van der Waals surface area contributed by atoms with Gasteiger partial charge in [-0.3, -0.25) is 0 Å². The Labute approximate surface area is 218 Å². The molecule has 0 aliphatic heterocycles. The van der Waals surface area contributed by atoms with Gasteiger partial charge < -0.3 is 52.5 Å². The molecule has 0 aliphatic carbocycles. The Bertz CT molecular complexity index is 627. The van der Waals surface area contributed by atoms with E-state index in [-0.39, 0.29) is 18.8 Å². The molecule has 0 saturated carbocycles. The van der Waals surface area contributed by atoms with E-state index in [0.29, 0.717) is 104 Å². The summed E-state index contributed by atoms with van der Waals surface area (Å²) in [5, 5.41) is 9.36. The van der Waals surface area contributed by atoms with Crippen LogP contribution in [0.2, 0.25) is 0 Å². The third kappa shape index (κ3) is 19.7. The van der Waals surface area contributed by atoms with E-state index >= 15 is 0 Å². The second-order valence-electron chi connectivity index (χ2n) is 7.36. The third-order valence-electron chi connectivity index (χ3n) is 4.47. The van der Waals surface area contributed by atoms with Crippen LogP contribution in [0.1, 0.15) is 10.4 Å². The first kappa shape index (κ1) is 33.0. The average Bonchev–Trinajstić information content (AvgIpc) is 2.90. The molecule has 1 N–H and O–H groups in total. The van der Waals surface area contributed by atoms with Gasteiger partial charge >= 0.3 is 5.97 Å². The number of carboxylic acid groups (broad SMARTS) is 1. The van der Waals surface area contributed by atoms with Crippen molar-refractivity contribution >= 4 is 5.97 Å². The number of hydrogen-bond donors (Lipinski definition) is 1. The van der Waals surface area contributed by atoms with Gasteiger partial charge in [0.25, 0.3) is 0 Å². The van der Waals surface area contributed by atoms with Crippen molar-refractivity contribution in [1.29, 1.82) is 0 Å². The van der Waals surface area contributed by atoms with Crippen LogP contribution in [0.15, 0.2) is 18.2 Å². The van der Waals surface area contributed by atoms with Gasteiger partial charge in [0, 0.05) is 20.3 Å². The van der Waals surface area contributed by atoms with Crippen molar-refractivity contribution in [3.05, 3.63) is 23.8 Å². The van der Waals surface area contributed by atoms with Crippen molar-refractivity contribution in [2.75, 3.05) is 120 Å². The van der Waals surface area contributed by atoms with Crippen molar-refractivity contribution in [1.82, 2.24) is 0 Å². The Morgan fingerprint density at radius 2 is 0.811 bits per heavy atom. The van der Waals surface area contributed by atoms with Gasteiger partial charge in [0.05, 0.1) is 98.1 Å². The number of benzene rings is 1. The van der Waals surface area contributed by atoms with Crippen LogP contribution in [-0.4, -0.2) is 131 Å². The molecular weight excluding hydrogens is 492 g/mol. The fourth-order valence-electron chi connectivity index (χ4n) is 2.67. The Morgan fingerprint density at radius 1 is 0.514 bits per heavy atom. The molecule has 0 amide bonds. The minimum atomic E-state index is -1.07. The van der Waals surface area contributed by atoms with Gasteiger partial charge in [-0.15, -0.1) is 0 Å². The lowest BCUT2D eigenvalue weighted by Gasteiger charge is -2.12. The number of carboxylic acids is 1. The van der Waals surface area contributed by atoms with Gasteiger partial charge in [-0.1, -0.05) is 0 Å². The van der Waals surface area contributed by atoms with E-state index < -0.39 is 5.97 Å². The third-order valence-corrected chi connectivity index (χ3v) is 4.47. The van der Waals surface area contributed by atoms with E-state index in [1.54, 1.807) is 20.3 Å². The van der Waals surface area contributed by atoms with Crippen LogP contribution in [0, 0.1) is 0 Å². The molecular formula is C25H42O12. The van der Waals surface area contributed by atoms with Crippen molar-refractivity contribution in [2.24, 2.45) is 0 Å². The summed E-state index contributed by atoms with van der Waals surface area (Å²) >= 11 is 0. The molecule has 0 unspecified atom stereocenters. The zero-order valence-electron chi connectivity index (χ0n) is 22.0. The van der Waals surface area contributed by atoms with Crippen LogP contribution in [0.3, 0.4) is 0 Å². The van der Waals surface area contributed by atoms with E-state index in [1.165, 1.54) is 12.1 Å². The van der Waals surface area contributed by atoms with Crippen molar-refractivity contribution in [3.8, 4) is 11.5 Å². The second kappa shape index (κ2) is 24.3. The first-order valence-electron chi connectivity index (χ1n) is 12.3. The molecule has 0 aliphatic rings. The zero-order valence-corrected chi connectivity index (χ0v) is 22.0. The van der Waals surface area contributed by atoms with Gasteiger partial charge in [0.2, 0.25) is 0 Å². The largest absolute Gasteiger partial charge is 0.491 e. The number of methoxy groups -OCH3 is 2. The number of rotatable bonds is 27. The van der Waals surface area contributed by atoms with Gasteiger partial charge in [-0.05, 0) is 12.1 Å². The lowest BCUT2D eigenvalue weighted by atomic mass is 10.2. The Kier molecular flexibility index (Phi) is 21.7. The van der Waals surface area contributed by atoms with Gasteiger partial charge in [0.15, 0.2) is 0 Å². The molecule has 0 spiro atoms. The van der Waals surface area contributed by atoms with Crippen LogP contribution in [0.5, 0.6) is 11.5 Å². The van der Waals surface area contributed by atoms with Crippen LogP contribution in [0.25, 0.3) is 0 Å². The molecule has 0 heterocycles. The van der Waals surface area contributed by atoms with Crippen LogP contribution < -0.4 is 9.47 Å². The summed E-state index contributed by atoms with van der Waals surface area (Å²) < 4.78 is 53.3. The van der Waals surface area contributed by atoms with E-state index in [1.807, 2.05) is 0 Å². The summed E-state index contributed by atoms with van der Waals surface area (Å²) in [6, 6.07) is 4.51. The molecule has 37 heavy (non-hydrogen) atoms. The zero-order chi connectivity index (χ0) is 26.8. The molecule has 12 heteroatoms. The van der Waals surface area contributed by atoms with Crippen molar-refractivity contribution in [2.45, 2.75) is 0 Å². The van der Waals surface area contributed by atoms with Crippen LogP contribution in [-0.2, 0) is 37.9 Å². The van der Waals surface area contributed by atoms with Gasteiger partial charge in [-0.25, -0.2) is 4.79 Å². The summed E-state index contributed by atoms with van der Waals surface area (Å²) in [4.78, 5) is 11.4. The highest BCUT2D eigenvalue weighted by atomic mass is 16.6. The Hall–Kier alpha value is -2.03. The molecule has 1 aromatic rings. The lowest BCUT2D eigenvalue weighted by Crippen LogP contribution is -2.14. The van der Waals surface area contributed by atoms with Crippen LogP contribution in [0.4, 0.5) is 0 Å². The molecule has 0 radical (unpaired) electrons. The quantitative estimate of drug-likeness (QED) is 0.164. The molecule has 0 atom stereocenters. The summed E-state index contributed by atoms with van der Waals surface area (Å²) in [6.45, 7) is 7.06. The Balaban J connectivity index is 2.14. The summed E-state index contributed by atoms with van der Waals surface area (Å²) in [6.07, 6.45) is 0. The fourth-order valence-corrected chi connectivity index (χ4v) is 2.67. The van der Waals surface area contributed by atoms with Gasteiger partial charge in [0.1, 0.15) is 24.7 Å². The molecule has 12 nitrogen and oxygen atoms in total. The lowest BCUT2D eigenvalue weighted by molar-refractivity contribution is -0.000108. The van der Waals surface area contributed by atoms with E-state index in [9.17, 15) is 9.90 Å². The number of aromatic carboxylic acids is 1. The molecule has 0 bridgehead atoms. The molecule has 0 saturated heterocycles. The summed E-state index contributed by atoms with van der Waals surface area (Å²) in [5.74, 6) is -0.315. The Morgan fingerprint density at radius 3 is 1.11 bits per heavy atom. The highest BCUT2D eigenvalue weighted by molar-refractivity contribution is 5.88. The monoisotopic (exact) mass is 534 g/mol. The fraction of sp³-hybridized carbons (Fsp3) is 0.720. The number of carbonyl (C=O) groups is 1. The predicted octanol–water partition coefficient (Wildman–Crippen LogP) is 1.53. The smallest absolute Gasteiger partial charge is 0.335 e. The normalized spacial score (nSPS) is 11.1. The van der Waals surface area contributed by atoms with Crippen molar-refractivity contribution < 1.29 is 57.3 Å². The predicted molar refractivity (Wildman–Crippen MR) is 133 cm³/mol. The number of ether oxygens (including phenoxy) is 10. The maximum Gasteiger partial charge on any atom is 0.335 e. The second-order valence-corrected chi connectivity index (χ2v) is 7.36. The molecule has 0 fully saturated rings. The maximum atomic E-state index is 11.4. The van der Waals surface area contributed by atoms with Gasteiger partial charge in [-0.2, -0.15) is 0 Å². The minimum Gasteiger partial charge on any atom is -0.491 e. The molecule has 1 rings (SSSR count). The minimum absolute atomic E-state index is 0.0663. The van der Waals surface area contributed by atoms with E-state index in [0.717, 1.165) is 0 Å². The molecule has 214 valence electrons. The summed E-state index contributed by atoms with van der Waals surface area (Å²) in [5.41, 5.74) is 0.0663. The standard InChI is InChI=1S/C25H42O12/c1-28-3-5-30-7-9-32-11-13-34-15-17-36-23-19-22(25(26)27)20-24(21-23)37-18-16-35-14-12-33-10-8-31-6-4-29-2/h19-21H,3-18H2,1-2H3,(H,26,27). The molecule has 0 aromatic heterocycles. The average molecular weight is 535 g/mol. The maximum absolute atomic E-state index is 11.4. The van der Waals surface area contributed by atoms with Crippen LogP contribution >= 0.6 is 0 Å². The molecule has 1 aromatic carbocycles. The highest BCUT2D eigenvalue weighted by Crippen LogP contribution is 2.23. The van der Waals surface area contributed by atoms with Crippen molar-refractivity contribution in [3.63, 3.8) is 0 Å². The topological polar surface area (TPSA) is 130 Å². The number of hydrogen-bond acceptors (Lipinski definition) is 11. The highest BCUT2D eigenvalue weighted by Gasteiger charge is 2.09. The summed E-state index contributed by atoms with van der Waals surface area (Å²) in [7, 11) is 3.25. The van der Waals surface area contributed by atoms with E-state index in [2.05, 4.69) is 0 Å². The first-order valence-corrected chi connectivity index (χ1v) is 12.3. The first-order chi connectivity index (χ1) is 18.2. The SMILES string of the molecule is COCCOCCOCCOCCOc1cc(OCCOCCOCCOCCOC)cc(C(=O)O)c1.